The lowest BCUT2D eigenvalue weighted by atomic mass is 10.0. The lowest BCUT2D eigenvalue weighted by molar-refractivity contribution is 0.0920. The Kier molecular flexibility index (Phi) is 5.29. The molecule has 1 aliphatic heterocycles. The quantitative estimate of drug-likeness (QED) is 0.642. The van der Waals surface area contributed by atoms with E-state index in [1.54, 1.807) is 11.0 Å². The van der Waals surface area contributed by atoms with E-state index in [1.165, 1.54) is 6.07 Å². The first kappa shape index (κ1) is 18.7. The highest BCUT2D eigenvalue weighted by Gasteiger charge is 2.24. The maximum absolute atomic E-state index is 12.8. The summed E-state index contributed by atoms with van der Waals surface area (Å²) in [6.45, 7) is 1.11. The second-order valence-electron chi connectivity index (χ2n) is 7.12. The second-order valence-corrected chi connectivity index (χ2v) is 7.12. The Morgan fingerprint density at radius 1 is 0.966 bits per heavy atom. The van der Waals surface area contributed by atoms with Crippen molar-refractivity contribution < 1.29 is 9.59 Å². The van der Waals surface area contributed by atoms with Gasteiger partial charge >= 0.3 is 6.03 Å². The highest BCUT2D eigenvalue weighted by molar-refractivity contribution is 6.06. The smallest absolute Gasteiger partial charge is 0.321 e. The predicted octanol–water partition coefficient (Wildman–Crippen LogP) is 2.95. The standard InChI is InChI=1S/C22H22N4O3/c27-20-14-18(17-8-4-5-9-19(17)25-20)21(28)23-16-10-12-26(13-11-16)22(29)24-15-6-2-1-3-7-15/h1-9,14,16H,10-13H2,(H,23,28)(H,24,29)(H,25,27). The van der Waals surface area contributed by atoms with E-state index in [0.29, 0.717) is 42.4 Å². The van der Waals surface area contributed by atoms with Gasteiger partial charge in [0, 0.05) is 41.8 Å². The molecule has 1 aromatic heterocycles. The molecule has 1 fully saturated rings. The molecule has 0 spiro atoms. The van der Waals surface area contributed by atoms with Crippen molar-refractivity contribution in [3.8, 4) is 0 Å². The van der Waals surface area contributed by atoms with Crippen LogP contribution in [0.1, 0.15) is 23.2 Å². The SMILES string of the molecule is O=C(NC1CCN(C(=O)Nc2ccccc2)CC1)c1cc(=O)[nH]c2ccccc12. The van der Waals surface area contributed by atoms with Gasteiger partial charge in [-0.3, -0.25) is 9.59 Å². The Labute approximate surface area is 167 Å². The summed E-state index contributed by atoms with van der Waals surface area (Å²) in [4.78, 5) is 41.5. The van der Waals surface area contributed by atoms with Crippen LogP contribution >= 0.6 is 0 Å². The largest absolute Gasteiger partial charge is 0.349 e. The summed E-state index contributed by atoms with van der Waals surface area (Å²) < 4.78 is 0. The molecule has 29 heavy (non-hydrogen) atoms. The number of carbonyl (C=O) groups is 2. The lowest BCUT2D eigenvalue weighted by Gasteiger charge is -2.32. The molecule has 1 aliphatic rings. The third kappa shape index (κ3) is 4.29. The van der Waals surface area contributed by atoms with Crippen LogP contribution in [0.3, 0.4) is 0 Å². The van der Waals surface area contributed by atoms with E-state index < -0.39 is 0 Å². The predicted molar refractivity (Wildman–Crippen MR) is 112 cm³/mol. The van der Waals surface area contributed by atoms with Gasteiger partial charge in [-0.25, -0.2) is 4.79 Å². The van der Waals surface area contributed by atoms with Crippen molar-refractivity contribution in [2.24, 2.45) is 0 Å². The van der Waals surface area contributed by atoms with E-state index in [1.807, 2.05) is 48.5 Å². The van der Waals surface area contributed by atoms with Crippen LogP contribution in [0.4, 0.5) is 10.5 Å². The lowest BCUT2D eigenvalue weighted by Crippen LogP contribution is -2.47. The molecule has 0 saturated carbocycles. The zero-order chi connectivity index (χ0) is 20.2. The molecule has 148 valence electrons. The van der Waals surface area contributed by atoms with Crippen molar-refractivity contribution in [2.75, 3.05) is 18.4 Å². The van der Waals surface area contributed by atoms with Gasteiger partial charge in [0.05, 0.1) is 5.56 Å². The summed E-state index contributed by atoms with van der Waals surface area (Å²) in [7, 11) is 0. The average Bonchev–Trinajstić information content (AvgIpc) is 2.74. The number of H-pyrrole nitrogens is 1. The molecule has 7 nitrogen and oxygen atoms in total. The van der Waals surface area contributed by atoms with E-state index >= 15 is 0 Å². The van der Waals surface area contributed by atoms with Gasteiger partial charge in [0.25, 0.3) is 5.91 Å². The van der Waals surface area contributed by atoms with Crippen molar-refractivity contribution in [3.63, 3.8) is 0 Å². The van der Waals surface area contributed by atoms with E-state index in [0.717, 1.165) is 5.69 Å². The topological polar surface area (TPSA) is 94.3 Å². The number of anilines is 1. The zero-order valence-electron chi connectivity index (χ0n) is 15.9. The number of piperidine rings is 1. The second kappa shape index (κ2) is 8.18. The number of carbonyl (C=O) groups excluding carboxylic acids is 2. The van der Waals surface area contributed by atoms with E-state index in [-0.39, 0.29) is 23.5 Å². The van der Waals surface area contributed by atoms with Gasteiger partial charge in [-0.2, -0.15) is 0 Å². The molecule has 4 rings (SSSR count). The molecule has 2 heterocycles. The van der Waals surface area contributed by atoms with Crippen LogP contribution in [-0.2, 0) is 0 Å². The summed E-state index contributed by atoms with van der Waals surface area (Å²) in [5, 5.41) is 6.61. The first-order valence-electron chi connectivity index (χ1n) is 9.64. The van der Waals surface area contributed by atoms with Crippen molar-refractivity contribution in [1.82, 2.24) is 15.2 Å². The van der Waals surface area contributed by atoms with Crippen LogP contribution in [0.15, 0.2) is 65.5 Å². The Hall–Kier alpha value is -3.61. The van der Waals surface area contributed by atoms with Crippen LogP contribution in [0.2, 0.25) is 0 Å². The normalized spacial score (nSPS) is 14.6. The molecule has 3 aromatic rings. The number of nitrogens with one attached hydrogen (secondary N) is 3. The van der Waals surface area contributed by atoms with Gasteiger partial charge in [0.2, 0.25) is 5.56 Å². The molecule has 0 aliphatic carbocycles. The average molecular weight is 390 g/mol. The van der Waals surface area contributed by atoms with Crippen LogP contribution < -0.4 is 16.2 Å². The molecular weight excluding hydrogens is 368 g/mol. The van der Waals surface area contributed by atoms with Gasteiger partial charge in [0.15, 0.2) is 0 Å². The van der Waals surface area contributed by atoms with Crippen molar-refractivity contribution in [1.29, 1.82) is 0 Å². The molecule has 0 bridgehead atoms. The third-order valence-electron chi connectivity index (χ3n) is 5.14. The number of hydrogen-bond donors (Lipinski definition) is 3. The number of pyridine rings is 1. The third-order valence-corrected chi connectivity index (χ3v) is 5.14. The van der Waals surface area contributed by atoms with Crippen molar-refractivity contribution >= 4 is 28.5 Å². The number of para-hydroxylation sites is 2. The number of benzene rings is 2. The number of nitrogens with zero attached hydrogens (tertiary/aromatic N) is 1. The Bertz CT molecular complexity index is 1090. The molecule has 3 N–H and O–H groups in total. The highest BCUT2D eigenvalue weighted by atomic mass is 16.2. The number of aromatic amines is 1. The van der Waals surface area contributed by atoms with Crippen molar-refractivity contribution in [2.45, 2.75) is 18.9 Å². The molecule has 0 radical (unpaired) electrons. The van der Waals surface area contributed by atoms with Gasteiger partial charge in [-0.1, -0.05) is 36.4 Å². The number of urea groups is 1. The van der Waals surface area contributed by atoms with Gasteiger partial charge < -0.3 is 20.5 Å². The molecule has 0 unspecified atom stereocenters. The van der Waals surface area contributed by atoms with Crippen LogP contribution in [0.25, 0.3) is 10.9 Å². The van der Waals surface area contributed by atoms with Crippen molar-refractivity contribution in [3.05, 3.63) is 76.6 Å². The molecule has 0 atom stereocenters. The van der Waals surface area contributed by atoms with Gasteiger partial charge in [0.1, 0.15) is 0 Å². The maximum atomic E-state index is 12.8. The summed E-state index contributed by atoms with van der Waals surface area (Å²) in [6, 6.07) is 17.7. The monoisotopic (exact) mass is 390 g/mol. The van der Waals surface area contributed by atoms with Crippen LogP contribution in [0, 0.1) is 0 Å². The van der Waals surface area contributed by atoms with Gasteiger partial charge in [-0.05, 0) is 31.0 Å². The Morgan fingerprint density at radius 3 is 2.41 bits per heavy atom. The summed E-state index contributed by atoms with van der Waals surface area (Å²) in [5.41, 5.74) is 1.46. The molecule has 2 aromatic carbocycles. The summed E-state index contributed by atoms with van der Waals surface area (Å²) in [5.74, 6) is -0.264. The number of amides is 3. The van der Waals surface area contributed by atoms with Gasteiger partial charge in [-0.15, -0.1) is 0 Å². The maximum Gasteiger partial charge on any atom is 0.321 e. The van der Waals surface area contributed by atoms with E-state index in [9.17, 15) is 14.4 Å². The molecule has 1 saturated heterocycles. The highest BCUT2D eigenvalue weighted by Crippen LogP contribution is 2.17. The first-order chi connectivity index (χ1) is 14.1. The van der Waals surface area contributed by atoms with E-state index in [2.05, 4.69) is 15.6 Å². The molecule has 7 heteroatoms. The minimum absolute atomic E-state index is 0.0404. The minimum atomic E-state index is -0.304. The fraction of sp³-hybridized carbons (Fsp3) is 0.227. The number of hydrogen-bond acceptors (Lipinski definition) is 3. The fourth-order valence-electron chi connectivity index (χ4n) is 3.61. The Morgan fingerprint density at radius 2 is 1.66 bits per heavy atom. The molecule has 3 amide bonds. The number of fused-ring (bicyclic) bond motifs is 1. The van der Waals surface area contributed by atoms with Crippen LogP contribution in [0.5, 0.6) is 0 Å². The summed E-state index contributed by atoms with van der Waals surface area (Å²) in [6.07, 6.45) is 1.32. The minimum Gasteiger partial charge on any atom is -0.349 e. The number of likely N-dealkylation sites (tertiary alicyclic amines) is 1. The zero-order valence-corrected chi connectivity index (χ0v) is 15.9. The number of rotatable bonds is 3. The van der Waals surface area contributed by atoms with Crippen LogP contribution in [-0.4, -0.2) is 41.0 Å². The summed E-state index contributed by atoms with van der Waals surface area (Å²) >= 11 is 0. The fourth-order valence-corrected chi connectivity index (χ4v) is 3.61. The molecular formula is C22H22N4O3. The van der Waals surface area contributed by atoms with E-state index in [4.69, 9.17) is 0 Å². The Balaban J connectivity index is 1.37. The first-order valence-corrected chi connectivity index (χ1v) is 9.64. The number of aromatic nitrogens is 1.